The van der Waals surface area contributed by atoms with Crippen molar-refractivity contribution in [3.8, 4) is 0 Å². The van der Waals surface area contributed by atoms with E-state index >= 15 is 0 Å². The first kappa shape index (κ1) is 14.0. The van der Waals surface area contributed by atoms with Gasteiger partial charge in [0.15, 0.2) is 16.8 Å². The largest absolute Gasteiger partial charge is 0.393 e. The number of hydrogen-bond acceptors (Lipinski definition) is 6. The van der Waals surface area contributed by atoms with Crippen LogP contribution in [0.2, 0.25) is 5.15 Å². The van der Waals surface area contributed by atoms with Crippen LogP contribution in [0.4, 0.5) is 11.5 Å². The quantitative estimate of drug-likeness (QED) is 0.568. The van der Waals surface area contributed by atoms with E-state index in [4.69, 9.17) is 26.8 Å². The number of nitrogens with one attached hydrogen (secondary N) is 1. The minimum atomic E-state index is 0.237. The van der Waals surface area contributed by atoms with E-state index in [0.29, 0.717) is 37.1 Å². The lowest BCUT2D eigenvalue weighted by Crippen LogP contribution is -2.11. The fourth-order valence-corrected chi connectivity index (χ4v) is 1.42. The maximum atomic E-state index is 5.90. The first-order valence-electron chi connectivity index (χ1n) is 5.22. The van der Waals surface area contributed by atoms with E-state index in [1.165, 1.54) is 0 Å². The van der Waals surface area contributed by atoms with Crippen LogP contribution in [0.15, 0.2) is 0 Å². The summed E-state index contributed by atoms with van der Waals surface area (Å²) in [5.74, 6) is 1.04. The topological polar surface area (TPSA) is 82.3 Å². The molecule has 17 heavy (non-hydrogen) atoms. The Morgan fingerprint density at radius 2 is 2.06 bits per heavy atom. The van der Waals surface area contributed by atoms with Crippen LogP contribution in [0.25, 0.3) is 0 Å². The highest BCUT2D eigenvalue weighted by Gasteiger charge is 2.09. The molecule has 0 saturated carbocycles. The number of hydrogen-bond donors (Lipinski definition) is 2. The summed E-state index contributed by atoms with van der Waals surface area (Å²) in [7, 11) is 3.23. The molecule has 0 aliphatic carbocycles. The standard InChI is InChI=1S/C10H17ClN4O2/c1-16-5-3-4-13-10-8(12)9(11)14-7(15-10)6-17-2/h3-6,12H2,1-2H3,(H,13,14,15). The van der Waals surface area contributed by atoms with E-state index in [9.17, 15) is 0 Å². The van der Waals surface area contributed by atoms with Gasteiger partial charge in [0.2, 0.25) is 0 Å². The highest BCUT2D eigenvalue weighted by molar-refractivity contribution is 6.32. The Bertz CT molecular complexity index is 362. The molecule has 0 radical (unpaired) electrons. The molecule has 0 saturated heterocycles. The van der Waals surface area contributed by atoms with Gasteiger partial charge >= 0.3 is 0 Å². The molecule has 0 aliphatic rings. The van der Waals surface area contributed by atoms with Crippen LogP contribution in [0.5, 0.6) is 0 Å². The van der Waals surface area contributed by atoms with Gasteiger partial charge in [-0.05, 0) is 6.42 Å². The molecule has 0 spiro atoms. The number of halogens is 1. The molecule has 0 aliphatic heterocycles. The van der Waals surface area contributed by atoms with E-state index in [2.05, 4.69) is 15.3 Å². The lowest BCUT2D eigenvalue weighted by Gasteiger charge is -2.10. The molecule has 0 atom stereocenters. The summed E-state index contributed by atoms with van der Waals surface area (Å²) < 4.78 is 9.89. The zero-order chi connectivity index (χ0) is 12.7. The minimum Gasteiger partial charge on any atom is -0.393 e. The molecular weight excluding hydrogens is 244 g/mol. The second-order valence-corrected chi connectivity index (χ2v) is 3.76. The summed E-state index contributed by atoms with van der Waals surface area (Å²) >= 11 is 5.90. The molecule has 6 nitrogen and oxygen atoms in total. The monoisotopic (exact) mass is 260 g/mol. The number of aromatic nitrogens is 2. The second kappa shape index (κ2) is 7.26. The smallest absolute Gasteiger partial charge is 0.158 e. The summed E-state index contributed by atoms with van der Waals surface area (Å²) in [6.07, 6.45) is 0.858. The number of nitrogens with zero attached hydrogens (tertiary/aromatic N) is 2. The maximum absolute atomic E-state index is 5.90. The molecule has 96 valence electrons. The van der Waals surface area contributed by atoms with Crippen molar-refractivity contribution in [2.24, 2.45) is 0 Å². The normalized spacial score (nSPS) is 10.5. The van der Waals surface area contributed by atoms with E-state index in [-0.39, 0.29) is 5.15 Å². The van der Waals surface area contributed by atoms with Crippen molar-refractivity contribution in [2.75, 3.05) is 38.4 Å². The van der Waals surface area contributed by atoms with Gasteiger partial charge in [-0.15, -0.1) is 0 Å². The average molecular weight is 261 g/mol. The Hall–Kier alpha value is -1.11. The van der Waals surface area contributed by atoms with Crippen LogP contribution in [0, 0.1) is 0 Å². The number of rotatable bonds is 7. The van der Waals surface area contributed by atoms with E-state index in [1.54, 1.807) is 14.2 Å². The Kier molecular flexibility index (Phi) is 5.96. The molecule has 3 N–H and O–H groups in total. The zero-order valence-corrected chi connectivity index (χ0v) is 10.8. The van der Waals surface area contributed by atoms with E-state index in [1.807, 2.05) is 0 Å². The molecule has 1 aromatic rings. The van der Waals surface area contributed by atoms with Gasteiger partial charge in [-0.1, -0.05) is 11.6 Å². The highest BCUT2D eigenvalue weighted by Crippen LogP contribution is 2.23. The third kappa shape index (κ3) is 4.33. The SMILES string of the molecule is COCCCNc1nc(COC)nc(Cl)c1N. The molecule has 0 amide bonds. The lowest BCUT2D eigenvalue weighted by molar-refractivity contribution is 0.178. The molecule has 0 aromatic carbocycles. The van der Waals surface area contributed by atoms with Crippen LogP contribution in [-0.4, -0.2) is 37.3 Å². The molecule has 0 unspecified atom stereocenters. The number of nitrogen functional groups attached to an aromatic ring is 1. The maximum Gasteiger partial charge on any atom is 0.158 e. The molecular formula is C10H17ClN4O2. The van der Waals surface area contributed by atoms with Crippen LogP contribution < -0.4 is 11.1 Å². The number of nitrogens with two attached hydrogens (primary N) is 1. The van der Waals surface area contributed by atoms with Crippen LogP contribution in [-0.2, 0) is 16.1 Å². The third-order valence-electron chi connectivity index (χ3n) is 2.04. The van der Waals surface area contributed by atoms with Crippen LogP contribution >= 0.6 is 11.6 Å². The minimum absolute atomic E-state index is 0.237. The van der Waals surface area contributed by atoms with Crippen molar-refractivity contribution in [1.29, 1.82) is 0 Å². The molecule has 7 heteroatoms. The van der Waals surface area contributed by atoms with E-state index < -0.39 is 0 Å². The van der Waals surface area contributed by atoms with Crippen molar-refractivity contribution in [2.45, 2.75) is 13.0 Å². The van der Waals surface area contributed by atoms with Gasteiger partial charge in [-0.25, -0.2) is 9.97 Å². The summed E-state index contributed by atoms with van der Waals surface area (Å²) in [6, 6.07) is 0. The van der Waals surface area contributed by atoms with Gasteiger partial charge in [0.05, 0.1) is 0 Å². The van der Waals surface area contributed by atoms with Gasteiger partial charge in [0.25, 0.3) is 0 Å². The van der Waals surface area contributed by atoms with Gasteiger partial charge in [-0.2, -0.15) is 0 Å². The second-order valence-electron chi connectivity index (χ2n) is 3.40. The predicted molar refractivity (Wildman–Crippen MR) is 67.2 cm³/mol. The van der Waals surface area contributed by atoms with Gasteiger partial charge in [0, 0.05) is 27.4 Å². The summed E-state index contributed by atoms with van der Waals surface area (Å²) in [5.41, 5.74) is 6.12. The molecule has 0 bridgehead atoms. The Morgan fingerprint density at radius 3 is 2.71 bits per heavy atom. The Balaban J connectivity index is 2.68. The Labute approximate surface area is 105 Å². The number of ether oxygens (including phenoxy) is 2. The van der Waals surface area contributed by atoms with Gasteiger partial charge in [0.1, 0.15) is 12.3 Å². The molecule has 1 aromatic heterocycles. The van der Waals surface area contributed by atoms with Gasteiger partial charge < -0.3 is 20.5 Å². The molecule has 1 rings (SSSR count). The summed E-state index contributed by atoms with van der Waals surface area (Å²) in [6.45, 7) is 1.68. The first-order chi connectivity index (χ1) is 8.19. The number of anilines is 2. The van der Waals surface area contributed by atoms with Crippen molar-refractivity contribution < 1.29 is 9.47 Å². The highest BCUT2D eigenvalue weighted by atomic mass is 35.5. The fraction of sp³-hybridized carbons (Fsp3) is 0.600. The summed E-state index contributed by atoms with van der Waals surface area (Å²) in [4.78, 5) is 8.23. The van der Waals surface area contributed by atoms with Crippen molar-refractivity contribution in [3.63, 3.8) is 0 Å². The van der Waals surface area contributed by atoms with Crippen molar-refractivity contribution in [3.05, 3.63) is 11.0 Å². The van der Waals surface area contributed by atoms with Crippen LogP contribution in [0.3, 0.4) is 0 Å². The first-order valence-corrected chi connectivity index (χ1v) is 5.60. The van der Waals surface area contributed by atoms with E-state index in [0.717, 1.165) is 6.42 Å². The zero-order valence-electron chi connectivity index (χ0n) is 9.99. The predicted octanol–water partition coefficient (Wildman–Crippen LogP) is 1.31. The molecule has 1 heterocycles. The van der Waals surface area contributed by atoms with Crippen LogP contribution in [0.1, 0.15) is 12.2 Å². The van der Waals surface area contributed by atoms with Gasteiger partial charge in [-0.3, -0.25) is 0 Å². The lowest BCUT2D eigenvalue weighted by atomic mass is 10.4. The van der Waals surface area contributed by atoms with Crippen molar-refractivity contribution >= 4 is 23.1 Å². The third-order valence-corrected chi connectivity index (χ3v) is 2.32. The molecule has 0 fully saturated rings. The average Bonchev–Trinajstić information content (AvgIpc) is 2.31. The fourth-order valence-electron chi connectivity index (χ4n) is 1.24. The Morgan fingerprint density at radius 1 is 1.29 bits per heavy atom. The van der Waals surface area contributed by atoms with Crippen molar-refractivity contribution in [1.82, 2.24) is 9.97 Å². The summed E-state index contributed by atoms with van der Waals surface area (Å²) in [5, 5.41) is 3.33. The number of methoxy groups -OCH3 is 2.